The molecule has 0 radical (unpaired) electrons. The molecule has 0 saturated heterocycles. The van der Waals surface area contributed by atoms with Gasteiger partial charge in [0.25, 0.3) is 0 Å². The summed E-state index contributed by atoms with van der Waals surface area (Å²) in [5, 5.41) is 8.60. The Labute approximate surface area is 74.2 Å². The van der Waals surface area contributed by atoms with Crippen LogP contribution in [0.15, 0.2) is 0 Å². The van der Waals surface area contributed by atoms with Gasteiger partial charge in [0, 0.05) is 12.6 Å². The Morgan fingerprint density at radius 3 is 2.64 bits per heavy atom. The molecular formula is C5H10BrNO3S. The van der Waals surface area contributed by atoms with Crippen LogP contribution in [0.2, 0.25) is 0 Å². The monoisotopic (exact) mass is 243 g/mol. The molecule has 2 atom stereocenters. The van der Waals surface area contributed by atoms with Gasteiger partial charge in [-0.25, -0.2) is 13.1 Å². The molecule has 0 amide bonds. The van der Waals surface area contributed by atoms with Crippen LogP contribution in [0.25, 0.3) is 0 Å². The van der Waals surface area contributed by atoms with Crippen molar-refractivity contribution in [2.75, 3.05) is 11.3 Å². The van der Waals surface area contributed by atoms with Crippen LogP contribution in [-0.4, -0.2) is 30.8 Å². The van der Waals surface area contributed by atoms with E-state index < -0.39 is 10.0 Å². The number of alkyl halides is 1. The van der Waals surface area contributed by atoms with Gasteiger partial charge in [0.05, 0.1) is 0 Å². The van der Waals surface area contributed by atoms with E-state index in [0.29, 0.717) is 0 Å². The first-order valence-corrected chi connectivity index (χ1v) is 6.03. The van der Waals surface area contributed by atoms with Crippen molar-refractivity contribution >= 4 is 26.0 Å². The van der Waals surface area contributed by atoms with Crippen LogP contribution >= 0.6 is 15.9 Å². The number of aliphatic hydroxyl groups is 1. The third-order valence-electron chi connectivity index (χ3n) is 1.63. The molecule has 4 nitrogen and oxygen atoms in total. The quantitative estimate of drug-likeness (QED) is 0.663. The fourth-order valence-electron chi connectivity index (χ4n) is 0.856. The first-order valence-electron chi connectivity index (χ1n) is 3.26. The zero-order chi connectivity index (χ0) is 8.48. The Morgan fingerprint density at radius 2 is 2.27 bits per heavy atom. The Bertz CT molecular complexity index is 228. The average Bonchev–Trinajstić information content (AvgIpc) is 2.67. The van der Waals surface area contributed by atoms with Crippen molar-refractivity contribution in [1.82, 2.24) is 4.72 Å². The van der Waals surface area contributed by atoms with Gasteiger partial charge in [-0.2, -0.15) is 0 Å². The third-order valence-corrected chi connectivity index (χ3v) is 4.39. The van der Waals surface area contributed by atoms with E-state index in [1.165, 1.54) is 0 Å². The molecule has 2 N–H and O–H groups in total. The van der Waals surface area contributed by atoms with Crippen molar-refractivity contribution in [1.29, 1.82) is 0 Å². The second kappa shape index (κ2) is 3.38. The lowest BCUT2D eigenvalue weighted by molar-refractivity contribution is 0.273. The van der Waals surface area contributed by atoms with Gasteiger partial charge in [0.1, 0.15) is 4.66 Å². The normalized spacial score (nSPS) is 30.4. The van der Waals surface area contributed by atoms with Crippen LogP contribution in [0, 0.1) is 5.92 Å². The molecule has 0 heterocycles. The van der Waals surface area contributed by atoms with E-state index in [9.17, 15) is 8.42 Å². The minimum atomic E-state index is -3.14. The molecule has 0 unspecified atom stereocenters. The molecule has 0 bridgehead atoms. The Balaban J connectivity index is 2.34. The fraction of sp³-hybridized carbons (Fsp3) is 1.00. The van der Waals surface area contributed by atoms with Crippen LogP contribution in [-0.2, 0) is 10.0 Å². The summed E-state index contributed by atoms with van der Waals surface area (Å²) in [4.78, 5) is 0. The topological polar surface area (TPSA) is 66.4 Å². The number of hydrogen-bond acceptors (Lipinski definition) is 3. The summed E-state index contributed by atoms with van der Waals surface area (Å²) < 4.78 is 24.1. The summed E-state index contributed by atoms with van der Waals surface area (Å²) in [5.41, 5.74) is 0. The van der Waals surface area contributed by atoms with Gasteiger partial charge in [-0.05, 0) is 12.3 Å². The number of nitrogens with one attached hydrogen (secondary N) is 1. The molecule has 6 heteroatoms. The highest BCUT2D eigenvalue weighted by Crippen LogP contribution is 2.29. The average molecular weight is 244 g/mol. The van der Waals surface area contributed by atoms with Crippen molar-refractivity contribution < 1.29 is 13.5 Å². The second-order valence-electron chi connectivity index (χ2n) is 2.63. The van der Waals surface area contributed by atoms with E-state index in [2.05, 4.69) is 20.7 Å². The standard InChI is InChI=1S/C5H10BrNO3S/c6-3-11(9,10)7-5-1-4(5)2-8/h4-5,7-8H,1-3H2/t4-,5+/m0/s1. The minimum Gasteiger partial charge on any atom is -0.396 e. The SMILES string of the molecule is O=S(=O)(CBr)N[C@@H]1C[C@H]1CO. The number of aliphatic hydroxyl groups excluding tert-OH is 1. The molecule has 11 heavy (non-hydrogen) atoms. The van der Waals surface area contributed by atoms with Crippen molar-refractivity contribution in [3.8, 4) is 0 Å². The molecule has 0 aromatic heterocycles. The van der Waals surface area contributed by atoms with E-state index in [0.717, 1.165) is 6.42 Å². The number of sulfonamides is 1. The zero-order valence-electron chi connectivity index (χ0n) is 5.83. The zero-order valence-corrected chi connectivity index (χ0v) is 8.23. The predicted octanol–water partition coefficient (Wildman–Crippen LogP) is -0.361. The van der Waals surface area contributed by atoms with Gasteiger partial charge < -0.3 is 5.11 Å². The maximum Gasteiger partial charge on any atom is 0.221 e. The van der Waals surface area contributed by atoms with Gasteiger partial charge in [-0.1, -0.05) is 15.9 Å². The van der Waals surface area contributed by atoms with Gasteiger partial charge in [0.2, 0.25) is 10.0 Å². The second-order valence-corrected chi connectivity index (χ2v) is 5.68. The van der Waals surface area contributed by atoms with Crippen molar-refractivity contribution in [3.05, 3.63) is 0 Å². The molecule has 1 saturated carbocycles. The smallest absolute Gasteiger partial charge is 0.221 e. The number of rotatable bonds is 4. The summed E-state index contributed by atoms with van der Waals surface area (Å²) in [6.07, 6.45) is 0.753. The highest BCUT2D eigenvalue weighted by Gasteiger charge is 2.38. The Hall–Kier alpha value is 0.350. The van der Waals surface area contributed by atoms with Crippen LogP contribution in [0.5, 0.6) is 0 Å². The summed E-state index contributed by atoms with van der Waals surface area (Å²) in [6.45, 7) is 0.0650. The van der Waals surface area contributed by atoms with Gasteiger partial charge in [-0.15, -0.1) is 0 Å². The first kappa shape index (κ1) is 9.44. The highest BCUT2D eigenvalue weighted by molar-refractivity contribution is 9.10. The summed E-state index contributed by atoms with van der Waals surface area (Å²) in [6, 6.07) is -0.0393. The third kappa shape index (κ3) is 2.70. The molecule has 0 spiro atoms. The lowest BCUT2D eigenvalue weighted by atomic mass is 10.4. The van der Waals surface area contributed by atoms with Crippen LogP contribution < -0.4 is 4.72 Å². The van der Waals surface area contributed by atoms with E-state index in [4.69, 9.17) is 5.11 Å². The van der Waals surface area contributed by atoms with E-state index >= 15 is 0 Å². The first-order chi connectivity index (χ1) is 5.09. The maximum absolute atomic E-state index is 10.9. The molecule has 66 valence electrons. The summed E-state index contributed by atoms with van der Waals surface area (Å²) in [7, 11) is -3.14. The van der Waals surface area contributed by atoms with Crippen molar-refractivity contribution in [3.63, 3.8) is 0 Å². The van der Waals surface area contributed by atoms with Crippen molar-refractivity contribution in [2.45, 2.75) is 12.5 Å². The summed E-state index contributed by atoms with van der Waals surface area (Å²) in [5.74, 6) is 0.129. The highest BCUT2D eigenvalue weighted by atomic mass is 79.9. The molecule has 0 aliphatic heterocycles. The molecule has 1 aliphatic carbocycles. The van der Waals surface area contributed by atoms with E-state index in [-0.39, 0.29) is 23.2 Å². The molecule has 0 aromatic carbocycles. The van der Waals surface area contributed by atoms with E-state index in [1.807, 2.05) is 0 Å². The Morgan fingerprint density at radius 1 is 1.64 bits per heavy atom. The number of halogens is 1. The van der Waals surface area contributed by atoms with Crippen molar-refractivity contribution in [2.24, 2.45) is 5.92 Å². The minimum absolute atomic E-state index is 0.0393. The largest absolute Gasteiger partial charge is 0.396 e. The van der Waals surface area contributed by atoms with E-state index in [1.54, 1.807) is 0 Å². The molecule has 0 aromatic rings. The van der Waals surface area contributed by atoms with Crippen LogP contribution in [0.3, 0.4) is 0 Å². The predicted molar refractivity (Wildman–Crippen MR) is 44.8 cm³/mol. The van der Waals surface area contributed by atoms with Gasteiger partial charge in [0.15, 0.2) is 0 Å². The van der Waals surface area contributed by atoms with Crippen LogP contribution in [0.1, 0.15) is 6.42 Å². The molecule has 1 fully saturated rings. The van der Waals surface area contributed by atoms with Gasteiger partial charge in [-0.3, -0.25) is 0 Å². The van der Waals surface area contributed by atoms with Gasteiger partial charge >= 0.3 is 0 Å². The number of hydrogen-bond donors (Lipinski definition) is 2. The lowest BCUT2D eigenvalue weighted by Gasteiger charge is -2.00. The summed E-state index contributed by atoms with van der Waals surface area (Å²) >= 11 is 2.86. The van der Waals surface area contributed by atoms with Crippen LogP contribution in [0.4, 0.5) is 0 Å². The fourth-order valence-corrected chi connectivity index (χ4v) is 2.07. The molecule has 1 rings (SSSR count). The maximum atomic E-state index is 10.9. The molecule has 1 aliphatic rings. The molecular weight excluding hydrogens is 234 g/mol. The lowest BCUT2D eigenvalue weighted by Crippen LogP contribution is -2.28. The Kier molecular flexibility index (Phi) is 2.90.